The van der Waals surface area contributed by atoms with Crippen molar-refractivity contribution in [1.29, 1.82) is 0 Å². The molecule has 2 saturated carbocycles. The fourth-order valence-corrected chi connectivity index (χ4v) is 9.40. The second kappa shape index (κ2) is 10.5. The van der Waals surface area contributed by atoms with E-state index in [2.05, 4.69) is 71.1 Å². The van der Waals surface area contributed by atoms with Crippen LogP contribution in [0.1, 0.15) is 90.4 Å². The minimum absolute atomic E-state index is 0.0305. The number of nitrogens with zero attached hydrogens (tertiary/aromatic N) is 1. The molecule has 5 nitrogen and oxygen atoms in total. The summed E-state index contributed by atoms with van der Waals surface area (Å²) in [4.78, 5) is 27.6. The van der Waals surface area contributed by atoms with Gasteiger partial charge >= 0.3 is 5.97 Å². The SMILES string of the molecule is CC(=O)O[C@@H]1C[C@@]2(C)[C@@H]3CC[C@@H]4C(=CC3=CC[C@]2(C)[C@H]1[C@H](C)N(C)C)CC[C@H](NC(=O)c1ccccc1)C4(C)C. The van der Waals surface area contributed by atoms with Gasteiger partial charge in [-0.2, -0.15) is 0 Å². The molecule has 40 heavy (non-hydrogen) atoms. The maximum atomic E-state index is 13.1. The average molecular weight is 547 g/mol. The van der Waals surface area contributed by atoms with Crippen LogP contribution < -0.4 is 5.32 Å². The van der Waals surface area contributed by atoms with Crippen molar-refractivity contribution in [3.63, 3.8) is 0 Å². The minimum Gasteiger partial charge on any atom is -0.462 e. The van der Waals surface area contributed by atoms with Gasteiger partial charge in [-0.05, 0) is 105 Å². The minimum atomic E-state index is -0.167. The maximum absolute atomic E-state index is 13.1. The molecule has 0 saturated heterocycles. The molecule has 0 heterocycles. The van der Waals surface area contributed by atoms with Gasteiger partial charge in [0.2, 0.25) is 0 Å². The Morgan fingerprint density at radius 2 is 1.68 bits per heavy atom. The first kappa shape index (κ1) is 29.1. The molecule has 0 aliphatic heterocycles. The Kier molecular flexibility index (Phi) is 7.61. The van der Waals surface area contributed by atoms with E-state index in [4.69, 9.17) is 4.74 Å². The first-order chi connectivity index (χ1) is 18.8. The van der Waals surface area contributed by atoms with E-state index in [1.165, 1.54) is 5.57 Å². The summed E-state index contributed by atoms with van der Waals surface area (Å²) in [6, 6.07) is 10.0. The number of ether oxygens (including phenoxy) is 1. The summed E-state index contributed by atoms with van der Waals surface area (Å²) in [7, 11) is 4.29. The number of rotatable bonds is 5. The smallest absolute Gasteiger partial charge is 0.302 e. The molecule has 8 atom stereocenters. The predicted octanol–water partition coefficient (Wildman–Crippen LogP) is 6.80. The molecule has 0 spiro atoms. The van der Waals surface area contributed by atoms with Gasteiger partial charge in [-0.15, -0.1) is 0 Å². The molecule has 4 aliphatic carbocycles. The van der Waals surface area contributed by atoms with Gasteiger partial charge in [0.05, 0.1) is 0 Å². The van der Waals surface area contributed by atoms with Crippen LogP contribution in [0.15, 0.2) is 53.6 Å². The largest absolute Gasteiger partial charge is 0.462 e. The quantitative estimate of drug-likeness (QED) is 0.413. The number of amides is 1. The van der Waals surface area contributed by atoms with E-state index in [0.717, 1.165) is 44.1 Å². The number of carbonyl (C=O) groups is 2. The Morgan fingerprint density at radius 3 is 2.33 bits per heavy atom. The van der Waals surface area contributed by atoms with Crippen LogP contribution in [-0.2, 0) is 9.53 Å². The lowest BCUT2D eigenvalue weighted by Gasteiger charge is -2.53. The average Bonchev–Trinajstić information content (AvgIpc) is 3.00. The number of fused-ring (bicyclic) bond motifs is 4. The summed E-state index contributed by atoms with van der Waals surface area (Å²) in [5.74, 6) is 1.02. The molecular formula is C35H50N2O3. The predicted molar refractivity (Wildman–Crippen MR) is 161 cm³/mol. The lowest BCUT2D eigenvalue weighted by atomic mass is 9.51. The van der Waals surface area contributed by atoms with Crippen molar-refractivity contribution < 1.29 is 14.3 Å². The van der Waals surface area contributed by atoms with Gasteiger partial charge in [-0.1, -0.05) is 63.6 Å². The highest BCUT2D eigenvalue weighted by Crippen LogP contribution is 2.68. The van der Waals surface area contributed by atoms with E-state index in [0.29, 0.717) is 17.9 Å². The summed E-state index contributed by atoms with van der Waals surface area (Å²) in [6.07, 6.45) is 11.2. The van der Waals surface area contributed by atoms with Crippen LogP contribution in [0, 0.1) is 34.0 Å². The number of nitrogens with one attached hydrogen (secondary N) is 1. The topological polar surface area (TPSA) is 58.6 Å². The molecule has 5 heteroatoms. The zero-order valence-electron chi connectivity index (χ0n) is 25.9. The molecule has 1 amide bonds. The van der Waals surface area contributed by atoms with Crippen molar-refractivity contribution in [2.75, 3.05) is 14.1 Å². The van der Waals surface area contributed by atoms with E-state index in [1.807, 2.05) is 30.3 Å². The summed E-state index contributed by atoms with van der Waals surface area (Å²) in [5, 5.41) is 3.41. The third-order valence-corrected chi connectivity index (χ3v) is 12.1. The summed E-state index contributed by atoms with van der Waals surface area (Å²) in [6.45, 7) is 13.5. The monoisotopic (exact) mass is 546 g/mol. The third-order valence-electron chi connectivity index (χ3n) is 12.1. The second-order valence-electron chi connectivity index (χ2n) is 14.5. The molecule has 218 valence electrons. The Morgan fingerprint density at radius 1 is 1.00 bits per heavy atom. The highest BCUT2D eigenvalue weighted by atomic mass is 16.5. The van der Waals surface area contributed by atoms with E-state index in [1.54, 1.807) is 12.5 Å². The Labute approximate surface area is 241 Å². The molecular weight excluding hydrogens is 496 g/mol. The van der Waals surface area contributed by atoms with Crippen LogP contribution in [0.2, 0.25) is 0 Å². The summed E-state index contributed by atoms with van der Waals surface area (Å²) < 4.78 is 6.10. The molecule has 5 rings (SSSR count). The molecule has 4 aliphatic rings. The lowest BCUT2D eigenvalue weighted by molar-refractivity contribution is -0.150. The number of hydrogen-bond acceptors (Lipinski definition) is 4. The lowest BCUT2D eigenvalue weighted by Crippen LogP contribution is -2.51. The fraction of sp³-hybridized carbons (Fsp3) is 0.657. The van der Waals surface area contributed by atoms with Gasteiger partial charge in [-0.25, -0.2) is 0 Å². The van der Waals surface area contributed by atoms with Crippen molar-refractivity contribution in [1.82, 2.24) is 10.2 Å². The van der Waals surface area contributed by atoms with Gasteiger partial charge in [0.1, 0.15) is 6.10 Å². The molecule has 0 radical (unpaired) electrons. The van der Waals surface area contributed by atoms with Gasteiger partial charge < -0.3 is 15.0 Å². The van der Waals surface area contributed by atoms with E-state index >= 15 is 0 Å². The summed E-state index contributed by atoms with van der Waals surface area (Å²) in [5.41, 5.74) is 3.84. The Bertz CT molecular complexity index is 1200. The normalized spacial score (nSPS) is 37.2. The maximum Gasteiger partial charge on any atom is 0.302 e. The van der Waals surface area contributed by atoms with Crippen molar-refractivity contribution in [3.05, 3.63) is 59.2 Å². The fourth-order valence-electron chi connectivity index (χ4n) is 9.40. The van der Waals surface area contributed by atoms with Crippen molar-refractivity contribution >= 4 is 11.9 Å². The van der Waals surface area contributed by atoms with Crippen LogP contribution in [0.25, 0.3) is 0 Å². The number of esters is 1. The summed E-state index contributed by atoms with van der Waals surface area (Å²) >= 11 is 0. The van der Waals surface area contributed by atoms with Crippen LogP contribution in [0.3, 0.4) is 0 Å². The van der Waals surface area contributed by atoms with Crippen molar-refractivity contribution in [2.24, 2.45) is 34.0 Å². The highest BCUT2D eigenvalue weighted by molar-refractivity contribution is 5.94. The molecule has 1 N–H and O–H groups in total. The first-order valence-electron chi connectivity index (χ1n) is 15.4. The molecule has 2 fully saturated rings. The van der Waals surface area contributed by atoms with Gasteiger partial charge in [0.15, 0.2) is 0 Å². The van der Waals surface area contributed by atoms with E-state index < -0.39 is 0 Å². The molecule has 1 aromatic rings. The van der Waals surface area contributed by atoms with Gasteiger partial charge in [0, 0.05) is 30.5 Å². The van der Waals surface area contributed by atoms with Gasteiger partial charge in [-0.3, -0.25) is 9.59 Å². The van der Waals surface area contributed by atoms with Gasteiger partial charge in [0.25, 0.3) is 5.91 Å². The molecule has 0 unspecified atom stereocenters. The Balaban J connectivity index is 1.42. The third kappa shape index (κ3) is 4.66. The van der Waals surface area contributed by atoms with Crippen LogP contribution in [-0.4, -0.2) is 49.1 Å². The van der Waals surface area contributed by atoms with Crippen LogP contribution in [0.4, 0.5) is 0 Å². The van der Waals surface area contributed by atoms with E-state index in [-0.39, 0.29) is 46.2 Å². The zero-order chi connectivity index (χ0) is 29.0. The van der Waals surface area contributed by atoms with Crippen molar-refractivity contribution in [3.8, 4) is 0 Å². The zero-order valence-corrected chi connectivity index (χ0v) is 25.9. The number of hydrogen-bond donors (Lipinski definition) is 1. The molecule has 0 bridgehead atoms. The standard InChI is InChI=1S/C35H50N2O3/c1-22(37(7)8)31-29(40-23(2)38)21-35(6)28-16-15-27-25(20-26(28)18-19-34(31,35)5)14-17-30(33(27,3)4)36-32(39)24-12-10-9-11-13-24/h9-13,18,20,22,27-31H,14-17,19,21H2,1-8H3,(H,36,39)/t22-,27+,28+,29+,30-,31-,34+,35-/m0/s1. The molecule has 0 aromatic heterocycles. The second-order valence-corrected chi connectivity index (χ2v) is 14.5. The first-order valence-corrected chi connectivity index (χ1v) is 15.4. The highest BCUT2D eigenvalue weighted by Gasteiger charge is 2.65. The number of benzene rings is 1. The van der Waals surface area contributed by atoms with Crippen molar-refractivity contribution in [2.45, 2.75) is 98.3 Å². The van der Waals surface area contributed by atoms with Crippen LogP contribution >= 0.6 is 0 Å². The number of carbonyl (C=O) groups excluding carboxylic acids is 2. The number of allylic oxidation sites excluding steroid dienone is 4. The Hall–Kier alpha value is -2.40. The molecule has 1 aromatic carbocycles. The van der Waals surface area contributed by atoms with Crippen LogP contribution in [0.5, 0.6) is 0 Å². The van der Waals surface area contributed by atoms with E-state index in [9.17, 15) is 9.59 Å².